The Hall–Kier alpha value is -3.76. The fourth-order valence-electron chi connectivity index (χ4n) is 3.12. The Bertz CT molecular complexity index is 1040. The number of halogens is 2. The number of aryl methyl sites for hydroxylation is 1. The Morgan fingerprint density at radius 2 is 1.94 bits per heavy atom. The van der Waals surface area contributed by atoms with E-state index in [1.165, 1.54) is 23.8 Å². The molecule has 0 radical (unpaired) electrons. The van der Waals surface area contributed by atoms with Crippen LogP contribution < -0.4 is 14.8 Å². The number of fused-ring (bicyclic) bond motifs is 1. The van der Waals surface area contributed by atoms with Crippen molar-refractivity contribution in [3.63, 3.8) is 0 Å². The van der Waals surface area contributed by atoms with E-state index in [9.17, 15) is 23.2 Å². The topological polar surface area (TPSA) is 107 Å². The Kier molecular flexibility index (Phi) is 9.50. The molecule has 4 rings (SSSR count). The number of nitrogens with one attached hydrogen (secondary N) is 1. The average molecular weight is 494 g/mol. The van der Waals surface area contributed by atoms with Gasteiger partial charge in [-0.1, -0.05) is 26.0 Å². The SMILES string of the molecule is CC.CCOC(=O)C1CC(=O)N1C(=O)NC(C)c1ccc2c(c1)OC(F)(F)O2.Cc1cccnc1. The molecule has 2 unspecified atom stereocenters. The lowest BCUT2D eigenvalue weighted by atomic mass is 10.0. The highest BCUT2D eigenvalue weighted by molar-refractivity contribution is 6.06. The molecule has 1 saturated heterocycles. The van der Waals surface area contributed by atoms with Crippen LogP contribution in [0.5, 0.6) is 11.5 Å². The summed E-state index contributed by atoms with van der Waals surface area (Å²) in [4.78, 5) is 40.4. The number of urea groups is 1. The summed E-state index contributed by atoms with van der Waals surface area (Å²) in [5.74, 6) is -1.42. The number of ether oxygens (including phenoxy) is 3. The maximum Gasteiger partial charge on any atom is 0.586 e. The molecule has 11 heteroatoms. The summed E-state index contributed by atoms with van der Waals surface area (Å²) in [5.41, 5.74) is 1.67. The maximum absolute atomic E-state index is 13.1. The minimum atomic E-state index is -3.73. The standard InChI is InChI=1S/C16H16F2N2O6.C6H7N.C2H6/c1-3-24-14(22)10-7-13(21)20(10)15(23)19-8(2)9-4-5-11-12(6-9)26-16(17,18)25-11;1-6-3-2-4-7-5-6;1-2/h4-6,8,10H,3,7H2,1-2H3,(H,19,23);2-5H,1H3;1-2H3. The summed E-state index contributed by atoms with van der Waals surface area (Å²) in [6.07, 6.45) is -0.225. The molecule has 0 saturated carbocycles. The second-order valence-electron chi connectivity index (χ2n) is 7.31. The third kappa shape index (κ3) is 7.11. The van der Waals surface area contributed by atoms with Gasteiger partial charge < -0.3 is 19.5 Å². The summed E-state index contributed by atoms with van der Waals surface area (Å²) >= 11 is 0. The van der Waals surface area contributed by atoms with Crippen LogP contribution in [0.3, 0.4) is 0 Å². The Morgan fingerprint density at radius 1 is 1.26 bits per heavy atom. The van der Waals surface area contributed by atoms with Crippen molar-refractivity contribution in [2.45, 2.75) is 59.4 Å². The number of benzene rings is 1. The van der Waals surface area contributed by atoms with E-state index in [0.29, 0.717) is 5.56 Å². The predicted molar refractivity (Wildman–Crippen MR) is 122 cm³/mol. The van der Waals surface area contributed by atoms with Crippen LogP contribution in [-0.2, 0) is 14.3 Å². The van der Waals surface area contributed by atoms with Gasteiger partial charge in [-0.3, -0.25) is 9.78 Å². The summed E-state index contributed by atoms with van der Waals surface area (Å²) in [7, 11) is 0. The van der Waals surface area contributed by atoms with E-state index in [2.05, 4.69) is 19.8 Å². The van der Waals surface area contributed by atoms with E-state index in [0.717, 1.165) is 4.90 Å². The predicted octanol–water partition coefficient (Wildman–Crippen LogP) is 4.36. The number of hydrogen-bond donors (Lipinski definition) is 1. The third-order valence-corrected chi connectivity index (χ3v) is 4.80. The van der Waals surface area contributed by atoms with Crippen molar-refractivity contribution in [2.75, 3.05) is 6.61 Å². The molecular weight excluding hydrogens is 464 g/mol. The van der Waals surface area contributed by atoms with Gasteiger partial charge in [-0.25, -0.2) is 14.5 Å². The van der Waals surface area contributed by atoms with Gasteiger partial charge in [0.05, 0.1) is 19.1 Å². The highest BCUT2D eigenvalue weighted by atomic mass is 19.3. The second kappa shape index (κ2) is 12.1. The fourth-order valence-corrected chi connectivity index (χ4v) is 3.12. The van der Waals surface area contributed by atoms with Crippen LogP contribution in [0.4, 0.5) is 13.6 Å². The molecule has 1 N–H and O–H groups in total. The van der Waals surface area contributed by atoms with Crippen molar-refractivity contribution in [1.82, 2.24) is 15.2 Å². The quantitative estimate of drug-likeness (QED) is 0.498. The molecule has 1 aromatic heterocycles. The highest BCUT2D eigenvalue weighted by Gasteiger charge is 2.47. The van der Waals surface area contributed by atoms with Crippen LogP contribution in [-0.4, -0.2) is 46.7 Å². The number of carbonyl (C=O) groups is 3. The zero-order chi connectivity index (χ0) is 26.2. The van der Waals surface area contributed by atoms with Crippen LogP contribution in [0.15, 0.2) is 42.7 Å². The van der Waals surface area contributed by atoms with Crippen molar-refractivity contribution in [1.29, 1.82) is 0 Å². The number of pyridine rings is 1. The first-order valence-corrected chi connectivity index (χ1v) is 11.2. The molecule has 2 aromatic rings. The summed E-state index contributed by atoms with van der Waals surface area (Å²) in [6, 6.07) is 5.67. The molecule has 2 aliphatic rings. The van der Waals surface area contributed by atoms with E-state index in [1.54, 1.807) is 20.0 Å². The summed E-state index contributed by atoms with van der Waals surface area (Å²) in [6.45, 7) is 9.37. The van der Waals surface area contributed by atoms with Gasteiger partial charge in [0, 0.05) is 12.4 Å². The van der Waals surface area contributed by atoms with Crippen molar-refractivity contribution in [3.05, 3.63) is 53.9 Å². The minimum absolute atomic E-state index is 0.0975. The molecule has 35 heavy (non-hydrogen) atoms. The number of carbonyl (C=O) groups excluding carboxylic acids is 3. The number of alkyl halides is 2. The molecular formula is C24H29F2N3O6. The lowest BCUT2D eigenvalue weighted by Gasteiger charge is -2.37. The van der Waals surface area contributed by atoms with E-state index < -0.39 is 36.3 Å². The number of nitrogens with zero attached hydrogens (tertiary/aromatic N) is 2. The monoisotopic (exact) mass is 493 g/mol. The smallest absolute Gasteiger partial charge is 0.464 e. The van der Waals surface area contributed by atoms with E-state index in [1.807, 2.05) is 39.1 Å². The molecule has 3 heterocycles. The Balaban J connectivity index is 0.000000407. The van der Waals surface area contributed by atoms with Crippen LogP contribution in [0, 0.1) is 6.92 Å². The van der Waals surface area contributed by atoms with Crippen LogP contribution in [0.25, 0.3) is 0 Å². The number of likely N-dealkylation sites (tertiary alicyclic amines) is 1. The number of imide groups is 1. The van der Waals surface area contributed by atoms with Crippen molar-refractivity contribution >= 4 is 17.9 Å². The van der Waals surface area contributed by atoms with Gasteiger partial charge in [0.25, 0.3) is 0 Å². The number of aromatic nitrogens is 1. The molecule has 190 valence electrons. The normalized spacial score (nSPS) is 17.5. The Morgan fingerprint density at radius 3 is 2.49 bits per heavy atom. The first-order chi connectivity index (χ1) is 16.6. The van der Waals surface area contributed by atoms with Crippen molar-refractivity contribution in [2.24, 2.45) is 0 Å². The Labute approximate surface area is 202 Å². The van der Waals surface area contributed by atoms with Crippen molar-refractivity contribution in [3.8, 4) is 11.5 Å². The second-order valence-corrected chi connectivity index (χ2v) is 7.31. The van der Waals surface area contributed by atoms with Gasteiger partial charge in [-0.15, -0.1) is 8.78 Å². The zero-order valence-electron chi connectivity index (χ0n) is 20.2. The van der Waals surface area contributed by atoms with Gasteiger partial charge in [0.2, 0.25) is 5.91 Å². The highest BCUT2D eigenvalue weighted by Crippen LogP contribution is 2.42. The zero-order valence-corrected chi connectivity index (χ0v) is 20.2. The lowest BCUT2D eigenvalue weighted by Crippen LogP contribution is -2.62. The molecule has 9 nitrogen and oxygen atoms in total. The molecule has 2 atom stereocenters. The van der Waals surface area contributed by atoms with Gasteiger partial charge >= 0.3 is 18.3 Å². The summed E-state index contributed by atoms with van der Waals surface area (Å²) < 4.78 is 39.6. The minimum Gasteiger partial charge on any atom is -0.464 e. The molecule has 0 bridgehead atoms. The number of β-lactam (4-membered cyclic amide) rings is 1. The molecule has 0 aliphatic carbocycles. The van der Waals surface area contributed by atoms with Crippen LogP contribution in [0.2, 0.25) is 0 Å². The van der Waals surface area contributed by atoms with Gasteiger partial charge in [-0.05, 0) is 50.1 Å². The number of hydrogen-bond acceptors (Lipinski definition) is 7. The molecule has 2 aliphatic heterocycles. The molecule has 3 amide bonds. The number of esters is 1. The number of amides is 3. The molecule has 0 spiro atoms. The maximum atomic E-state index is 13.1. The number of rotatable bonds is 4. The fraction of sp³-hybridized carbons (Fsp3) is 0.417. The van der Waals surface area contributed by atoms with E-state index >= 15 is 0 Å². The lowest BCUT2D eigenvalue weighted by molar-refractivity contribution is -0.286. The molecule has 1 aromatic carbocycles. The first kappa shape index (κ1) is 27.5. The third-order valence-electron chi connectivity index (χ3n) is 4.80. The average Bonchev–Trinajstić information content (AvgIpc) is 3.12. The first-order valence-electron chi connectivity index (χ1n) is 11.2. The summed E-state index contributed by atoms with van der Waals surface area (Å²) in [5, 5.41) is 2.54. The van der Waals surface area contributed by atoms with Gasteiger partial charge in [0.15, 0.2) is 11.5 Å². The van der Waals surface area contributed by atoms with Crippen LogP contribution >= 0.6 is 0 Å². The van der Waals surface area contributed by atoms with Gasteiger partial charge in [-0.2, -0.15) is 0 Å². The van der Waals surface area contributed by atoms with Crippen LogP contribution in [0.1, 0.15) is 51.3 Å². The van der Waals surface area contributed by atoms with E-state index in [4.69, 9.17) is 4.74 Å². The van der Waals surface area contributed by atoms with Crippen molar-refractivity contribution < 1.29 is 37.4 Å². The molecule has 1 fully saturated rings. The van der Waals surface area contributed by atoms with Gasteiger partial charge in [0.1, 0.15) is 6.04 Å². The largest absolute Gasteiger partial charge is 0.586 e. The van der Waals surface area contributed by atoms with E-state index in [-0.39, 0.29) is 24.5 Å².